The quantitative estimate of drug-likeness (QED) is 0.540. The third-order valence-electron chi connectivity index (χ3n) is 6.79. The van der Waals surface area contributed by atoms with Crippen molar-refractivity contribution in [2.24, 2.45) is 0 Å². The number of benzene rings is 1. The Morgan fingerprint density at radius 1 is 1.18 bits per heavy atom. The van der Waals surface area contributed by atoms with E-state index in [0.29, 0.717) is 13.2 Å². The van der Waals surface area contributed by atoms with Crippen LogP contribution in [0.1, 0.15) is 51.5 Å². The van der Waals surface area contributed by atoms with Crippen molar-refractivity contribution in [3.8, 4) is 6.07 Å². The number of likely N-dealkylation sites (tertiary alicyclic amines) is 1. The maximum Gasteiger partial charge on any atom is 0.262 e. The first-order valence-corrected chi connectivity index (χ1v) is 11.9. The minimum atomic E-state index is -0.406. The van der Waals surface area contributed by atoms with Crippen LogP contribution >= 0.6 is 0 Å². The fourth-order valence-electron chi connectivity index (χ4n) is 5.07. The van der Waals surface area contributed by atoms with Crippen molar-refractivity contribution in [1.29, 1.82) is 5.26 Å². The van der Waals surface area contributed by atoms with Crippen LogP contribution in [0.5, 0.6) is 0 Å². The number of para-hydroxylation sites is 1. The normalized spacial score (nSPS) is 23.5. The number of hydrogen-bond acceptors (Lipinski definition) is 4. The number of amides is 2. The zero-order valence-corrected chi connectivity index (χ0v) is 19.4. The van der Waals surface area contributed by atoms with Crippen molar-refractivity contribution in [2.75, 3.05) is 13.2 Å². The second kappa shape index (κ2) is 10.2. The molecule has 0 bridgehead atoms. The average molecular weight is 449 g/mol. The van der Waals surface area contributed by atoms with Gasteiger partial charge in [0.1, 0.15) is 18.2 Å². The van der Waals surface area contributed by atoms with Crippen LogP contribution in [-0.2, 0) is 20.9 Å². The van der Waals surface area contributed by atoms with E-state index in [4.69, 9.17) is 4.74 Å². The van der Waals surface area contributed by atoms with E-state index in [1.165, 1.54) is 0 Å². The Kier molecular flexibility index (Phi) is 7.14. The molecule has 1 N–H and O–H groups in total. The molecule has 1 aromatic carbocycles. The lowest BCUT2D eigenvalue weighted by atomic mass is 9.97. The first-order chi connectivity index (χ1) is 16.0. The van der Waals surface area contributed by atoms with E-state index < -0.39 is 5.91 Å². The SMILES string of the molecule is C[C@@H]1CCC[C@H](C)N1C(=O)Cn1cc(/C=C(\C#N)C(=O)NC[C@H]2CCCO2)c2ccccc21. The molecule has 2 aliphatic rings. The Hall–Kier alpha value is -3.11. The van der Waals surface area contributed by atoms with Crippen molar-refractivity contribution in [3.05, 3.63) is 41.6 Å². The molecule has 3 heterocycles. The van der Waals surface area contributed by atoms with Crippen molar-refractivity contribution < 1.29 is 14.3 Å². The summed E-state index contributed by atoms with van der Waals surface area (Å²) in [6.07, 6.45) is 8.62. The van der Waals surface area contributed by atoms with Gasteiger partial charge in [0.2, 0.25) is 5.91 Å². The molecule has 7 heteroatoms. The average Bonchev–Trinajstić information content (AvgIpc) is 3.44. The summed E-state index contributed by atoms with van der Waals surface area (Å²) in [4.78, 5) is 27.8. The van der Waals surface area contributed by atoms with Gasteiger partial charge in [0.15, 0.2) is 0 Å². The summed E-state index contributed by atoms with van der Waals surface area (Å²) in [6.45, 7) is 5.58. The number of piperidine rings is 1. The van der Waals surface area contributed by atoms with Crippen LogP contribution < -0.4 is 5.32 Å². The van der Waals surface area contributed by atoms with Crippen molar-refractivity contribution in [1.82, 2.24) is 14.8 Å². The van der Waals surface area contributed by atoms with Crippen molar-refractivity contribution in [3.63, 3.8) is 0 Å². The molecule has 0 spiro atoms. The number of carbonyl (C=O) groups is 2. The standard InChI is InChI=1S/C26H32N4O3/c1-18-7-5-8-19(2)30(18)25(31)17-29-16-21(23-10-3-4-11-24(23)29)13-20(14-27)26(32)28-15-22-9-6-12-33-22/h3-4,10-11,13,16,18-19,22H,5-9,12,15,17H2,1-2H3,(H,28,32)/b20-13+/t18-,19+,22-/m1/s1. The van der Waals surface area contributed by atoms with Crippen LogP contribution in [0.4, 0.5) is 0 Å². The predicted octanol–water partition coefficient (Wildman–Crippen LogP) is 3.63. The Morgan fingerprint density at radius 2 is 1.94 bits per heavy atom. The van der Waals surface area contributed by atoms with Crippen LogP contribution in [0, 0.1) is 11.3 Å². The molecule has 2 fully saturated rings. The van der Waals surface area contributed by atoms with Gasteiger partial charge in [0.25, 0.3) is 5.91 Å². The lowest BCUT2D eigenvalue weighted by Crippen LogP contribution is -2.48. The number of nitriles is 1. The van der Waals surface area contributed by atoms with E-state index in [1.54, 1.807) is 6.08 Å². The number of rotatable bonds is 6. The molecule has 0 unspecified atom stereocenters. The molecule has 2 amide bonds. The van der Waals surface area contributed by atoms with Gasteiger partial charge < -0.3 is 19.5 Å². The second-order valence-corrected chi connectivity index (χ2v) is 9.17. The number of nitrogens with one attached hydrogen (secondary N) is 1. The lowest BCUT2D eigenvalue weighted by molar-refractivity contribution is -0.137. The molecule has 3 atom stereocenters. The molecule has 2 saturated heterocycles. The summed E-state index contributed by atoms with van der Waals surface area (Å²) in [6, 6.07) is 10.3. The number of fused-ring (bicyclic) bond motifs is 1. The van der Waals surface area contributed by atoms with E-state index in [0.717, 1.165) is 48.6 Å². The first kappa shape index (κ1) is 23.1. The van der Waals surface area contributed by atoms with Gasteiger partial charge in [0.05, 0.1) is 6.10 Å². The third kappa shape index (κ3) is 5.12. The summed E-state index contributed by atoms with van der Waals surface area (Å²) >= 11 is 0. The van der Waals surface area contributed by atoms with Gasteiger partial charge in [-0.25, -0.2) is 0 Å². The molecule has 1 aromatic heterocycles. The predicted molar refractivity (Wildman–Crippen MR) is 127 cm³/mol. The van der Waals surface area contributed by atoms with Crippen LogP contribution in [0.2, 0.25) is 0 Å². The van der Waals surface area contributed by atoms with Gasteiger partial charge in [-0.15, -0.1) is 0 Å². The number of ether oxygens (including phenoxy) is 1. The highest BCUT2D eigenvalue weighted by molar-refractivity contribution is 6.04. The molecule has 0 saturated carbocycles. The van der Waals surface area contributed by atoms with Gasteiger partial charge in [-0.2, -0.15) is 5.26 Å². The molecule has 7 nitrogen and oxygen atoms in total. The van der Waals surface area contributed by atoms with E-state index in [9.17, 15) is 14.9 Å². The third-order valence-corrected chi connectivity index (χ3v) is 6.79. The van der Waals surface area contributed by atoms with Gasteiger partial charge in [0, 0.05) is 47.9 Å². The largest absolute Gasteiger partial charge is 0.376 e. The zero-order chi connectivity index (χ0) is 23.4. The number of carbonyl (C=O) groups excluding carboxylic acids is 2. The zero-order valence-electron chi connectivity index (χ0n) is 19.4. The molecule has 4 rings (SSSR count). The van der Waals surface area contributed by atoms with Gasteiger partial charge >= 0.3 is 0 Å². The Morgan fingerprint density at radius 3 is 2.64 bits per heavy atom. The van der Waals surface area contributed by atoms with Gasteiger partial charge in [-0.05, 0) is 58.1 Å². The Bertz CT molecular complexity index is 1080. The maximum atomic E-state index is 13.2. The fraction of sp³-hybridized carbons (Fsp3) is 0.500. The Labute approximate surface area is 195 Å². The van der Waals surface area contributed by atoms with E-state index in [2.05, 4.69) is 19.2 Å². The molecule has 0 aliphatic carbocycles. The smallest absolute Gasteiger partial charge is 0.262 e. The highest BCUT2D eigenvalue weighted by atomic mass is 16.5. The molecule has 0 radical (unpaired) electrons. The first-order valence-electron chi connectivity index (χ1n) is 11.9. The molecular formula is C26H32N4O3. The van der Waals surface area contributed by atoms with Crippen LogP contribution in [0.3, 0.4) is 0 Å². The van der Waals surface area contributed by atoms with Crippen molar-refractivity contribution in [2.45, 2.75) is 70.7 Å². The summed E-state index contributed by atoms with van der Waals surface area (Å²) in [5.41, 5.74) is 1.70. The molecule has 2 aromatic rings. The molecular weight excluding hydrogens is 416 g/mol. The summed E-state index contributed by atoms with van der Waals surface area (Å²) in [7, 11) is 0. The number of hydrogen-bond donors (Lipinski definition) is 1. The highest BCUT2D eigenvalue weighted by Crippen LogP contribution is 2.26. The van der Waals surface area contributed by atoms with Crippen molar-refractivity contribution >= 4 is 28.8 Å². The number of aromatic nitrogens is 1. The van der Waals surface area contributed by atoms with Crippen LogP contribution in [0.15, 0.2) is 36.0 Å². The second-order valence-electron chi connectivity index (χ2n) is 9.17. The molecule has 2 aliphatic heterocycles. The summed E-state index contributed by atoms with van der Waals surface area (Å²) < 4.78 is 7.47. The lowest BCUT2D eigenvalue weighted by Gasteiger charge is -2.39. The summed E-state index contributed by atoms with van der Waals surface area (Å²) in [5.74, 6) is -0.308. The minimum absolute atomic E-state index is 0.0152. The topological polar surface area (TPSA) is 87.4 Å². The van der Waals surface area contributed by atoms with E-state index in [1.807, 2.05) is 46.0 Å². The summed E-state index contributed by atoms with van der Waals surface area (Å²) in [5, 5.41) is 13.3. The minimum Gasteiger partial charge on any atom is -0.376 e. The maximum absolute atomic E-state index is 13.2. The van der Waals surface area contributed by atoms with Crippen LogP contribution in [-0.4, -0.2) is 52.6 Å². The number of nitrogens with zero attached hydrogens (tertiary/aromatic N) is 3. The fourth-order valence-corrected chi connectivity index (χ4v) is 5.07. The highest BCUT2D eigenvalue weighted by Gasteiger charge is 2.29. The Balaban J connectivity index is 1.56. The van der Waals surface area contributed by atoms with E-state index >= 15 is 0 Å². The monoisotopic (exact) mass is 448 g/mol. The molecule has 33 heavy (non-hydrogen) atoms. The van der Waals surface area contributed by atoms with Crippen LogP contribution in [0.25, 0.3) is 17.0 Å². The van der Waals surface area contributed by atoms with Gasteiger partial charge in [-0.1, -0.05) is 18.2 Å². The van der Waals surface area contributed by atoms with E-state index in [-0.39, 0.29) is 36.2 Å². The van der Waals surface area contributed by atoms with Gasteiger partial charge in [-0.3, -0.25) is 9.59 Å². The molecule has 174 valence electrons.